The van der Waals surface area contributed by atoms with Gasteiger partial charge >= 0.3 is 6.09 Å². The van der Waals surface area contributed by atoms with Crippen LogP contribution in [0.5, 0.6) is 5.75 Å². The Balaban J connectivity index is 2.57. The molecule has 0 aromatic heterocycles. The molecule has 0 fully saturated rings. The van der Waals surface area contributed by atoms with E-state index in [4.69, 9.17) is 15.2 Å². The Kier molecular flexibility index (Phi) is 11.6. The summed E-state index contributed by atoms with van der Waals surface area (Å²) in [6, 6.07) is 2.28. The van der Waals surface area contributed by atoms with Crippen LogP contribution >= 0.6 is 0 Å². The van der Waals surface area contributed by atoms with Crippen LogP contribution in [0.4, 0.5) is 14.9 Å². The number of aromatic hydroxyl groups is 1. The average Bonchev–Trinajstić information content (AvgIpc) is 2.88. The lowest BCUT2D eigenvalue weighted by atomic mass is 9.86. The van der Waals surface area contributed by atoms with E-state index in [9.17, 15) is 34.1 Å². The molecule has 1 heterocycles. The van der Waals surface area contributed by atoms with Crippen molar-refractivity contribution in [2.45, 2.75) is 71.4 Å². The predicted octanol–water partition coefficient (Wildman–Crippen LogP) is 3.51. The number of aliphatic hydroxyl groups excluding tert-OH is 2. The molecule has 11 heteroatoms. The van der Waals surface area contributed by atoms with E-state index in [0.29, 0.717) is 11.9 Å². The number of anilines is 1. The Morgan fingerprint density at radius 2 is 1.90 bits per heavy atom. The van der Waals surface area contributed by atoms with E-state index in [1.807, 2.05) is 0 Å². The molecule has 0 unspecified atom stereocenters. The highest BCUT2D eigenvalue weighted by Gasteiger charge is 2.32. The van der Waals surface area contributed by atoms with Crippen molar-refractivity contribution in [2.75, 3.05) is 12.4 Å². The van der Waals surface area contributed by atoms with Gasteiger partial charge in [-0.15, -0.1) is 0 Å². The minimum atomic E-state index is -1.40. The van der Waals surface area contributed by atoms with Crippen molar-refractivity contribution in [3.05, 3.63) is 46.8 Å². The van der Waals surface area contributed by atoms with E-state index in [-0.39, 0.29) is 36.1 Å². The maximum Gasteiger partial charge on any atom is 0.405 e. The van der Waals surface area contributed by atoms with Gasteiger partial charge in [-0.2, -0.15) is 0 Å². The number of carbonyl (C=O) groups excluding carboxylic acids is 3. The van der Waals surface area contributed by atoms with Gasteiger partial charge in [0.2, 0.25) is 0 Å². The summed E-state index contributed by atoms with van der Waals surface area (Å²) in [5.74, 6) is -4.26. The van der Waals surface area contributed by atoms with Crippen molar-refractivity contribution in [3.63, 3.8) is 0 Å². The topological polar surface area (TPSA) is 168 Å². The van der Waals surface area contributed by atoms with Gasteiger partial charge in [-0.3, -0.25) is 4.79 Å². The van der Waals surface area contributed by atoms with Crippen molar-refractivity contribution >= 4 is 24.0 Å². The number of phenolic OH excluding ortho intramolecular Hbond substituents is 1. The van der Waals surface area contributed by atoms with E-state index < -0.39 is 65.7 Å². The first kappa shape index (κ1) is 31.9. The molecule has 39 heavy (non-hydrogen) atoms. The van der Waals surface area contributed by atoms with Crippen LogP contribution in [0.3, 0.4) is 0 Å². The molecule has 1 aliphatic rings. The lowest BCUT2D eigenvalue weighted by Gasteiger charge is -2.30. The van der Waals surface area contributed by atoms with Crippen molar-refractivity contribution in [2.24, 2.45) is 23.5 Å². The lowest BCUT2D eigenvalue weighted by Crippen LogP contribution is -2.36. The molecule has 2 bridgehead atoms. The van der Waals surface area contributed by atoms with Crippen molar-refractivity contribution < 1.29 is 43.6 Å². The summed E-state index contributed by atoms with van der Waals surface area (Å²) >= 11 is 0. The number of rotatable bonds is 3. The number of halogens is 1. The molecule has 0 saturated carbocycles. The first-order chi connectivity index (χ1) is 18.3. The van der Waals surface area contributed by atoms with Gasteiger partial charge in [-0.25, -0.2) is 9.18 Å². The number of aliphatic hydroxyl groups is 2. The predicted molar refractivity (Wildman–Crippen MR) is 142 cm³/mol. The van der Waals surface area contributed by atoms with Gasteiger partial charge in [0.25, 0.3) is 5.91 Å². The largest absolute Gasteiger partial charge is 0.505 e. The first-order valence-electron chi connectivity index (χ1n) is 12.8. The van der Waals surface area contributed by atoms with Crippen LogP contribution in [0.15, 0.2) is 35.4 Å². The summed E-state index contributed by atoms with van der Waals surface area (Å²) in [6.07, 6.45) is -0.822. The maximum atomic E-state index is 14.8. The number of allylic oxidation sites excluding steroid dienone is 1. The molecule has 6 N–H and O–H groups in total. The Labute approximate surface area is 227 Å². The molecule has 2 amide bonds. The van der Waals surface area contributed by atoms with Gasteiger partial charge in [-0.1, -0.05) is 26.0 Å². The van der Waals surface area contributed by atoms with Crippen LogP contribution in [0.2, 0.25) is 0 Å². The second-order valence-corrected chi connectivity index (χ2v) is 10.2. The summed E-state index contributed by atoms with van der Waals surface area (Å²) in [5, 5.41) is 34.7. The second-order valence-electron chi connectivity index (χ2n) is 10.2. The van der Waals surface area contributed by atoms with Crippen LogP contribution in [0, 0.1) is 23.6 Å². The Bertz CT molecular complexity index is 1110. The average molecular weight is 551 g/mol. The fourth-order valence-corrected chi connectivity index (χ4v) is 4.79. The highest BCUT2D eigenvalue weighted by atomic mass is 19.1. The van der Waals surface area contributed by atoms with Gasteiger partial charge < -0.3 is 40.6 Å². The summed E-state index contributed by atoms with van der Waals surface area (Å²) in [6.45, 7) is 6.55. The molecule has 2 rings (SSSR count). The van der Waals surface area contributed by atoms with Crippen LogP contribution in [0.25, 0.3) is 0 Å². The number of aldehydes is 1. The van der Waals surface area contributed by atoms with Gasteiger partial charge in [0.15, 0.2) is 11.6 Å². The van der Waals surface area contributed by atoms with Crippen LogP contribution in [-0.2, 0) is 19.1 Å². The minimum Gasteiger partial charge on any atom is -0.505 e. The number of hydrogen-bond acceptors (Lipinski definition) is 8. The molecular weight excluding hydrogens is 511 g/mol. The number of phenols is 1. The molecule has 1 aromatic rings. The SMILES string of the molecule is CO[C@H]1C[C@H](C)[C@@H](O)c2cc(cc(O)c2F)NC(=O)/C(C)=C/CC[C@H](C=O)[C@@H](OC(N)=O)/C(C)=C/[C@H](C)[C@H]1O. The molecule has 1 aliphatic heterocycles. The van der Waals surface area contributed by atoms with E-state index >= 15 is 0 Å². The lowest BCUT2D eigenvalue weighted by molar-refractivity contribution is -0.114. The maximum absolute atomic E-state index is 14.8. The highest BCUT2D eigenvalue weighted by molar-refractivity contribution is 6.03. The van der Waals surface area contributed by atoms with Gasteiger partial charge in [0.1, 0.15) is 12.4 Å². The minimum absolute atomic E-state index is 0.0725. The smallest absolute Gasteiger partial charge is 0.405 e. The number of primary amides is 1. The van der Waals surface area contributed by atoms with Gasteiger partial charge in [-0.05, 0) is 50.7 Å². The van der Waals surface area contributed by atoms with Crippen molar-refractivity contribution in [3.8, 4) is 5.75 Å². The molecule has 10 nitrogen and oxygen atoms in total. The van der Waals surface area contributed by atoms with E-state index in [1.165, 1.54) is 13.2 Å². The third-order valence-electron chi connectivity index (χ3n) is 7.11. The molecule has 216 valence electrons. The number of nitrogens with one attached hydrogen (secondary N) is 1. The fourth-order valence-electron chi connectivity index (χ4n) is 4.79. The number of carbonyl (C=O) groups is 3. The van der Waals surface area contributed by atoms with Crippen LogP contribution < -0.4 is 11.1 Å². The fraction of sp³-hybridized carbons (Fsp3) is 0.536. The number of fused-ring (bicyclic) bond motifs is 2. The third-order valence-corrected chi connectivity index (χ3v) is 7.11. The Hall–Kier alpha value is -3.28. The number of methoxy groups -OCH3 is 1. The zero-order chi connectivity index (χ0) is 29.4. The Morgan fingerprint density at radius 3 is 2.49 bits per heavy atom. The quantitative estimate of drug-likeness (QED) is 0.281. The first-order valence-corrected chi connectivity index (χ1v) is 12.8. The standard InChI is InChI=1S/C28H39FN2O8/c1-14-7-6-8-18(13-32)26(39-28(30)37)17(4)9-15(2)25(35)22(38-5)10-16(3)24(34)20-11-19(31-27(14)36)12-21(33)23(20)29/h7,9,11-13,15-16,18,22,24-26,33-35H,6,8,10H2,1-5H3,(H2,30,37)(H,31,36)/b14-7+,17-9+/t15-,16-,18+,22-,24+,25+,26-/m0/s1. The monoisotopic (exact) mass is 550 g/mol. The number of benzene rings is 1. The van der Waals surface area contributed by atoms with Crippen LogP contribution in [0.1, 0.15) is 58.6 Å². The van der Waals surface area contributed by atoms with E-state index in [2.05, 4.69) is 5.32 Å². The second kappa shape index (κ2) is 14.2. The molecule has 0 saturated heterocycles. The summed E-state index contributed by atoms with van der Waals surface area (Å²) in [5.41, 5.74) is 5.90. The normalized spacial score (nSPS) is 32.2. The zero-order valence-corrected chi connectivity index (χ0v) is 22.9. The van der Waals surface area contributed by atoms with E-state index in [1.54, 1.807) is 39.8 Å². The molecule has 0 spiro atoms. The number of ether oxygens (including phenoxy) is 2. The summed E-state index contributed by atoms with van der Waals surface area (Å²) < 4.78 is 25.6. The number of nitrogens with two attached hydrogens (primary N) is 1. The molecular formula is C28H39FN2O8. The van der Waals surface area contributed by atoms with Gasteiger partial charge in [0, 0.05) is 35.9 Å². The third kappa shape index (κ3) is 8.35. The molecule has 1 aromatic carbocycles. The van der Waals surface area contributed by atoms with Crippen molar-refractivity contribution in [1.82, 2.24) is 0 Å². The molecule has 7 atom stereocenters. The van der Waals surface area contributed by atoms with Crippen molar-refractivity contribution in [1.29, 1.82) is 0 Å². The molecule has 0 radical (unpaired) electrons. The zero-order valence-electron chi connectivity index (χ0n) is 22.9. The number of hydrogen-bond donors (Lipinski definition) is 5. The highest BCUT2D eigenvalue weighted by Crippen LogP contribution is 2.35. The Morgan fingerprint density at radius 1 is 1.23 bits per heavy atom. The number of amides is 2. The van der Waals surface area contributed by atoms with E-state index in [0.717, 1.165) is 6.07 Å². The molecule has 0 aliphatic carbocycles. The summed E-state index contributed by atoms with van der Waals surface area (Å²) in [4.78, 5) is 36.3. The summed E-state index contributed by atoms with van der Waals surface area (Å²) in [7, 11) is 1.39. The van der Waals surface area contributed by atoms with Gasteiger partial charge in [0.05, 0.1) is 24.2 Å². The van der Waals surface area contributed by atoms with Crippen LogP contribution in [-0.4, -0.2) is 59.0 Å².